The molecule has 0 aliphatic carbocycles. The topological polar surface area (TPSA) is 17.3 Å². The van der Waals surface area contributed by atoms with Crippen LogP contribution in [0.25, 0.3) is 28.0 Å². The predicted octanol–water partition coefficient (Wildman–Crippen LogP) is 5.29. The highest BCUT2D eigenvalue weighted by Crippen LogP contribution is 2.26. The minimum atomic E-state index is 0.977. The van der Waals surface area contributed by atoms with Crippen molar-refractivity contribution in [3.05, 3.63) is 84.2 Å². The summed E-state index contributed by atoms with van der Waals surface area (Å²) in [6.45, 7) is 4.25. The molecule has 112 valence electrons. The molecule has 2 aromatic heterocycles. The summed E-state index contributed by atoms with van der Waals surface area (Å²) in [4.78, 5) is 4.80. The number of aromatic nitrogens is 2. The van der Waals surface area contributed by atoms with Crippen LogP contribution in [-0.2, 0) is 0 Å². The van der Waals surface area contributed by atoms with Crippen LogP contribution in [0.4, 0.5) is 0 Å². The van der Waals surface area contributed by atoms with Gasteiger partial charge in [0.2, 0.25) is 0 Å². The van der Waals surface area contributed by atoms with Gasteiger partial charge in [-0.05, 0) is 36.6 Å². The van der Waals surface area contributed by atoms with Crippen molar-refractivity contribution in [1.82, 2.24) is 9.38 Å². The fraction of sp³-hybridized carbons (Fsp3) is 0.0952. The maximum absolute atomic E-state index is 4.80. The monoisotopic (exact) mass is 298 g/mol. The number of rotatable bonds is 2. The van der Waals surface area contributed by atoms with Gasteiger partial charge in [-0.25, -0.2) is 4.98 Å². The Morgan fingerprint density at radius 2 is 1.52 bits per heavy atom. The van der Waals surface area contributed by atoms with Crippen LogP contribution in [0.1, 0.15) is 11.1 Å². The molecular formula is C21H18N2. The molecule has 0 atom stereocenters. The van der Waals surface area contributed by atoms with Gasteiger partial charge in [-0.15, -0.1) is 0 Å². The zero-order chi connectivity index (χ0) is 15.8. The molecule has 0 fully saturated rings. The minimum absolute atomic E-state index is 0.977. The molecule has 0 aliphatic rings. The number of pyridine rings is 1. The van der Waals surface area contributed by atoms with Gasteiger partial charge in [0.15, 0.2) is 0 Å². The summed E-state index contributed by atoms with van der Waals surface area (Å²) in [5.74, 6) is 0. The number of imidazole rings is 1. The predicted molar refractivity (Wildman–Crippen MR) is 95.5 cm³/mol. The molecule has 0 saturated heterocycles. The van der Waals surface area contributed by atoms with Crippen molar-refractivity contribution < 1.29 is 0 Å². The second kappa shape index (κ2) is 5.40. The molecule has 2 nitrogen and oxygen atoms in total. The molecular weight excluding hydrogens is 280 g/mol. The molecule has 0 amide bonds. The van der Waals surface area contributed by atoms with Crippen molar-refractivity contribution in [2.75, 3.05) is 0 Å². The van der Waals surface area contributed by atoms with E-state index in [0.717, 1.165) is 16.9 Å². The average Bonchev–Trinajstić information content (AvgIpc) is 2.98. The molecule has 4 rings (SSSR count). The van der Waals surface area contributed by atoms with Gasteiger partial charge in [-0.3, -0.25) is 0 Å². The number of benzene rings is 2. The van der Waals surface area contributed by atoms with Gasteiger partial charge in [-0.2, -0.15) is 0 Å². The van der Waals surface area contributed by atoms with Crippen LogP contribution < -0.4 is 0 Å². The van der Waals surface area contributed by atoms with Gasteiger partial charge in [-0.1, -0.05) is 60.2 Å². The third-order valence-electron chi connectivity index (χ3n) is 4.22. The number of nitrogens with zero attached hydrogens (tertiary/aromatic N) is 2. The molecule has 0 unspecified atom stereocenters. The normalized spacial score (nSPS) is 11.0. The molecule has 2 heteroatoms. The van der Waals surface area contributed by atoms with E-state index in [-0.39, 0.29) is 0 Å². The lowest BCUT2D eigenvalue weighted by Gasteiger charge is -2.06. The average molecular weight is 298 g/mol. The van der Waals surface area contributed by atoms with E-state index in [1.807, 2.05) is 6.07 Å². The van der Waals surface area contributed by atoms with E-state index < -0.39 is 0 Å². The summed E-state index contributed by atoms with van der Waals surface area (Å²) in [6, 6.07) is 21.1. The number of aryl methyl sites for hydroxylation is 2. The quantitative estimate of drug-likeness (QED) is 0.492. The fourth-order valence-electron chi connectivity index (χ4n) is 2.93. The Bertz CT molecular complexity index is 964. The Balaban J connectivity index is 1.85. The highest BCUT2D eigenvalue weighted by molar-refractivity contribution is 5.72. The lowest BCUT2D eigenvalue weighted by molar-refractivity contribution is 1.16. The van der Waals surface area contributed by atoms with Crippen LogP contribution in [0.2, 0.25) is 0 Å². The Kier molecular flexibility index (Phi) is 3.23. The maximum Gasteiger partial charge on any atom is 0.138 e. The highest BCUT2D eigenvalue weighted by Gasteiger charge is 2.08. The van der Waals surface area contributed by atoms with Crippen LogP contribution in [0.15, 0.2) is 73.1 Å². The molecule has 0 N–H and O–H groups in total. The van der Waals surface area contributed by atoms with Gasteiger partial charge in [0.05, 0.1) is 5.69 Å². The van der Waals surface area contributed by atoms with Crippen LogP contribution >= 0.6 is 0 Å². The van der Waals surface area contributed by atoms with Gasteiger partial charge in [0.25, 0.3) is 0 Å². The molecule has 2 heterocycles. The second-order valence-electron chi connectivity index (χ2n) is 5.99. The smallest absolute Gasteiger partial charge is 0.138 e. The summed E-state index contributed by atoms with van der Waals surface area (Å²) in [5.41, 5.74) is 8.11. The summed E-state index contributed by atoms with van der Waals surface area (Å²) in [6.07, 6.45) is 4.25. The van der Waals surface area contributed by atoms with Crippen molar-refractivity contribution in [3.8, 4) is 22.4 Å². The lowest BCUT2D eigenvalue weighted by atomic mass is 10.0. The third kappa shape index (κ3) is 2.53. The molecule has 2 aromatic carbocycles. The van der Waals surface area contributed by atoms with Crippen LogP contribution in [0, 0.1) is 13.8 Å². The number of fused-ring (bicyclic) bond motifs is 1. The standard InChI is InChI=1S/C21H18N2/c1-15-8-10-18(11-9-15)20-14-23-13-16(2)19(12-21(23)22-20)17-6-4-3-5-7-17/h3-14H,1-2H3. The SMILES string of the molecule is Cc1ccc(-c2cn3cc(C)c(-c4ccccc4)cc3n2)cc1. The summed E-state index contributed by atoms with van der Waals surface area (Å²) < 4.78 is 2.11. The molecule has 0 saturated carbocycles. The third-order valence-corrected chi connectivity index (χ3v) is 4.22. The largest absolute Gasteiger partial charge is 0.306 e. The number of hydrogen-bond acceptors (Lipinski definition) is 1. The zero-order valence-corrected chi connectivity index (χ0v) is 13.3. The van der Waals surface area contributed by atoms with Gasteiger partial charge in [0, 0.05) is 18.0 Å². The molecule has 0 bridgehead atoms. The first-order valence-corrected chi connectivity index (χ1v) is 7.82. The van der Waals surface area contributed by atoms with Crippen molar-refractivity contribution in [2.24, 2.45) is 0 Å². The van der Waals surface area contributed by atoms with Gasteiger partial charge < -0.3 is 4.40 Å². The van der Waals surface area contributed by atoms with Gasteiger partial charge >= 0.3 is 0 Å². The number of hydrogen-bond donors (Lipinski definition) is 0. The fourth-order valence-corrected chi connectivity index (χ4v) is 2.93. The molecule has 0 spiro atoms. The van der Waals surface area contributed by atoms with Gasteiger partial charge in [0.1, 0.15) is 5.65 Å². The zero-order valence-electron chi connectivity index (χ0n) is 13.3. The highest BCUT2D eigenvalue weighted by atomic mass is 15.0. The van der Waals surface area contributed by atoms with E-state index in [2.05, 4.69) is 85.2 Å². The van der Waals surface area contributed by atoms with E-state index in [9.17, 15) is 0 Å². The second-order valence-corrected chi connectivity index (χ2v) is 5.99. The molecule has 23 heavy (non-hydrogen) atoms. The molecule has 0 radical (unpaired) electrons. The van der Waals surface area contributed by atoms with Crippen LogP contribution in [0.3, 0.4) is 0 Å². The lowest BCUT2D eigenvalue weighted by Crippen LogP contribution is -1.89. The minimum Gasteiger partial charge on any atom is -0.306 e. The van der Waals surface area contributed by atoms with Crippen LogP contribution in [-0.4, -0.2) is 9.38 Å². The first-order chi connectivity index (χ1) is 11.2. The van der Waals surface area contributed by atoms with Crippen molar-refractivity contribution in [1.29, 1.82) is 0 Å². The first kappa shape index (κ1) is 13.8. The van der Waals surface area contributed by atoms with E-state index in [1.165, 1.54) is 22.3 Å². The Labute approximate surface area is 136 Å². The summed E-state index contributed by atoms with van der Waals surface area (Å²) >= 11 is 0. The van der Waals surface area contributed by atoms with E-state index in [4.69, 9.17) is 4.98 Å². The van der Waals surface area contributed by atoms with Crippen molar-refractivity contribution in [2.45, 2.75) is 13.8 Å². The van der Waals surface area contributed by atoms with E-state index in [0.29, 0.717) is 0 Å². The molecule has 4 aromatic rings. The van der Waals surface area contributed by atoms with E-state index >= 15 is 0 Å². The maximum atomic E-state index is 4.80. The summed E-state index contributed by atoms with van der Waals surface area (Å²) in [7, 11) is 0. The van der Waals surface area contributed by atoms with Crippen LogP contribution in [0.5, 0.6) is 0 Å². The Morgan fingerprint density at radius 1 is 0.783 bits per heavy atom. The first-order valence-electron chi connectivity index (χ1n) is 7.82. The summed E-state index contributed by atoms with van der Waals surface area (Å²) in [5, 5.41) is 0. The molecule has 0 aliphatic heterocycles. The van der Waals surface area contributed by atoms with Crippen molar-refractivity contribution in [3.63, 3.8) is 0 Å². The van der Waals surface area contributed by atoms with E-state index in [1.54, 1.807) is 0 Å². The Hall–Kier alpha value is -2.87. The van der Waals surface area contributed by atoms with Crippen molar-refractivity contribution >= 4 is 5.65 Å². The Morgan fingerprint density at radius 3 is 2.26 bits per heavy atom.